The van der Waals surface area contributed by atoms with E-state index in [2.05, 4.69) is 23.9 Å². The Morgan fingerprint density at radius 3 is 2.88 bits per heavy atom. The number of hydrogen-bond acceptors (Lipinski definition) is 4. The molecule has 16 heavy (non-hydrogen) atoms. The molecule has 0 aliphatic carbocycles. The third-order valence-corrected chi connectivity index (χ3v) is 4.37. The lowest BCUT2D eigenvalue weighted by atomic mass is 9.94. The van der Waals surface area contributed by atoms with E-state index < -0.39 is 6.10 Å². The highest BCUT2D eigenvalue weighted by Crippen LogP contribution is 2.32. The van der Waals surface area contributed by atoms with Crippen LogP contribution in [0.2, 0.25) is 0 Å². The fourth-order valence-corrected chi connectivity index (χ4v) is 3.32. The van der Waals surface area contributed by atoms with Crippen molar-refractivity contribution in [3.63, 3.8) is 0 Å². The first kappa shape index (κ1) is 12.0. The van der Waals surface area contributed by atoms with E-state index in [4.69, 9.17) is 0 Å². The molecule has 1 fully saturated rings. The van der Waals surface area contributed by atoms with Gasteiger partial charge in [0.2, 0.25) is 0 Å². The summed E-state index contributed by atoms with van der Waals surface area (Å²) < 4.78 is 0. The maximum Gasteiger partial charge on any atom is 0.121 e. The number of hydrogen-bond donors (Lipinski definition) is 1. The topological polar surface area (TPSA) is 36.4 Å². The van der Waals surface area contributed by atoms with Crippen LogP contribution in [0.5, 0.6) is 0 Å². The molecule has 1 aromatic heterocycles. The van der Waals surface area contributed by atoms with Gasteiger partial charge in [0.25, 0.3) is 0 Å². The Kier molecular flexibility index (Phi) is 3.62. The van der Waals surface area contributed by atoms with Crippen molar-refractivity contribution in [3.05, 3.63) is 15.6 Å². The molecule has 3 nitrogen and oxygen atoms in total. The minimum Gasteiger partial charge on any atom is -0.386 e. The quantitative estimate of drug-likeness (QED) is 0.862. The number of aromatic nitrogens is 1. The van der Waals surface area contributed by atoms with Crippen LogP contribution in [-0.4, -0.2) is 35.1 Å². The van der Waals surface area contributed by atoms with Gasteiger partial charge in [0.15, 0.2) is 0 Å². The van der Waals surface area contributed by atoms with E-state index in [9.17, 15) is 5.11 Å². The van der Waals surface area contributed by atoms with E-state index in [0.717, 1.165) is 11.6 Å². The molecule has 1 aliphatic rings. The van der Waals surface area contributed by atoms with Crippen molar-refractivity contribution in [1.29, 1.82) is 0 Å². The van der Waals surface area contributed by atoms with E-state index in [1.807, 2.05) is 0 Å². The number of piperidine rings is 1. The van der Waals surface area contributed by atoms with Crippen LogP contribution in [0.15, 0.2) is 0 Å². The van der Waals surface area contributed by atoms with Gasteiger partial charge in [-0.1, -0.05) is 0 Å². The van der Waals surface area contributed by atoms with Gasteiger partial charge in [-0.25, -0.2) is 4.98 Å². The van der Waals surface area contributed by atoms with Crippen molar-refractivity contribution in [2.45, 2.75) is 38.7 Å². The molecule has 0 bridgehead atoms. The normalized spacial score (nSPS) is 24.6. The summed E-state index contributed by atoms with van der Waals surface area (Å²) in [6.45, 7) is 6.20. The summed E-state index contributed by atoms with van der Waals surface area (Å²) in [6.07, 6.45) is 2.05. The number of likely N-dealkylation sites (tertiary alicyclic amines) is 1. The van der Waals surface area contributed by atoms with Crippen molar-refractivity contribution >= 4 is 11.3 Å². The Bertz CT molecular complexity index is 362. The van der Waals surface area contributed by atoms with Crippen molar-refractivity contribution in [3.8, 4) is 0 Å². The molecular formula is C12H20N2OS. The average molecular weight is 240 g/mol. The lowest BCUT2D eigenvalue weighted by Gasteiger charge is -2.29. The van der Waals surface area contributed by atoms with E-state index in [1.165, 1.54) is 30.0 Å². The van der Waals surface area contributed by atoms with Crippen LogP contribution in [0.1, 0.15) is 47.4 Å². The fourth-order valence-electron chi connectivity index (χ4n) is 2.38. The Balaban J connectivity index is 2.19. The van der Waals surface area contributed by atoms with Gasteiger partial charge in [-0.3, -0.25) is 0 Å². The molecule has 2 atom stereocenters. The molecular weight excluding hydrogens is 220 g/mol. The van der Waals surface area contributed by atoms with Gasteiger partial charge in [-0.2, -0.15) is 0 Å². The molecule has 2 rings (SSSR count). The summed E-state index contributed by atoms with van der Waals surface area (Å²) >= 11 is 1.64. The number of nitrogens with zero attached hydrogens (tertiary/aromatic N) is 2. The number of likely N-dealkylation sites (N-methyl/N-ethyl adjacent to an activating group) is 1. The number of aliphatic hydroxyl groups is 1. The second-order valence-corrected chi connectivity index (χ2v) is 6.01. The molecule has 2 heterocycles. The van der Waals surface area contributed by atoms with Crippen LogP contribution >= 0.6 is 11.3 Å². The Morgan fingerprint density at radius 2 is 2.31 bits per heavy atom. The van der Waals surface area contributed by atoms with Crippen LogP contribution < -0.4 is 0 Å². The minimum absolute atomic E-state index is 0.432. The molecule has 4 heteroatoms. The summed E-state index contributed by atoms with van der Waals surface area (Å²) in [4.78, 5) is 8.25. The number of thiazole rings is 1. The highest BCUT2D eigenvalue weighted by molar-refractivity contribution is 7.11. The molecule has 0 aromatic carbocycles. The van der Waals surface area contributed by atoms with Crippen molar-refractivity contribution in [2.24, 2.45) is 0 Å². The lowest BCUT2D eigenvalue weighted by Crippen LogP contribution is -2.31. The van der Waals surface area contributed by atoms with E-state index in [-0.39, 0.29) is 0 Å². The zero-order valence-electron chi connectivity index (χ0n) is 10.2. The van der Waals surface area contributed by atoms with Gasteiger partial charge in [0.1, 0.15) is 11.1 Å². The molecule has 90 valence electrons. The number of aliphatic hydroxyl groups excluding tert-OH is 1. The van der Waals surface area contributed by atoms with E-state index in [1.54, 1.807) is 18.3 Å². The highest BCUT2D eigenvalue weighted by atomic mass is 32.1. The molecule has 0 spiro atoms. The first-order valence-electron chi connectivity index (χ1n) is 5.91. The zero-order valence-corrected chi connectivity index (χ0v) is 11.0. The molecule has 1 N–H and O–H groups in total. The Hall–Kier alpha value is -0.450. The Labute approximate surface area is 101 Å². The summed E-state index contributed by atoms with van der Waals surface area (Å²) in [6, 6.07) is 0. The molecule has 2 unspecified atom stereocenters. The zero-order chi connectivity index (χ0) is 11.7. The maximum absolute atomic E-state index is 9.55. The van der Waals surface area contributed by atoms with E-state index >= 15 is 0 Å². The van der Waals surface area contributed by atoms with Crippen LogP contribution in [0, 0.1) is 6.92 Å². The number of rotatable bonds is 2. The van der Waals surface area contributed by atoms with E-state index in [0.29, 0.717) is 5.92 Å². The molecule has 1 aliphatic heterocycles. The van der Waals surface area contributed by atoms with Gasteiger partial charge in [0, 0.05) is 17.3 Å². The van der Waals surface area contributed by atoms with Crippen LogP contribution in [0.4, 0.5) is 0 Å². The SMILES string of the molecule is Cc1sc(C(C)O)nc1C1CCCN(C)C1. The highest BCUT2D eigenvalue weighted by Gasteiger charge is 2.24. The molecule has 1 aromatic rings. The van der Waals surface area contributed by atoms with Crippen molar-refractivity contribution in [1.82, 2.24) is 9.88 Å². The largest absolute Gasteiger partial charge is 0.386 e. The first-order chi connectivity index (χ1) is 7.58. The third-order valence-electron chi connectivity index (χ3n) is 3.22. The second-order valence-electron chi connectivity index (χ2n) is 4.77. The predicted molar refractivity (Wildman–Crippen MR) is 67.0 cm³/mol. The summed E-state index contributed by atoms with van der Waals surface area (Å²) in [5.41, 5.74) is 1.22. The summed E-state index contributed by atoms with van der Waals surface area (Å²) in [5, 5.41) is 10.4. The lowest BCUT2D eigenvalue weighted by molar-refractivity contribution is 0.198. The van der Waals surface area contributed by atoms with Crippen molar-refractivity contribution in [2.75, 3.05) is 20.1 Å². The summed E-state index contributed by atoms with van der Waals surface area (Å²) in [7, 11) is 2.17. The van der Waals surface area contributed by atoms with Crippen LogP contribution in [-0.2, 0) is 0 Å². The molecule has 0 amide bonds. The number of aryl methyl sites for hydroxylation is 1. The minimum atomic E-state index is -0.432. The smallest absolute Gasteiger partial charge is 0.121 e. The van der Waals surface area contributed by atoms with Crippen LogP contribution in [0.25, 0.3) is 0 Å². The first-order valence-corrected chi connectivity index (χ1v) is 6.73. The Morgan fingerprint density at radius 1 is 1.56 bits per heavy atom. The summed E-state index contributed by atoms with van der Waals surface area (Å²) in [5.74, 6) is 0.558. The van der Waals surface area contributed by atoms with Gasteiger partial charge < -0.3 is 10.0 Å². The maximum atomic E-state index is 9.55. The molecule has 1 saturated heterocycles. The predicted octanol–water partition coefficient (Wildman–Crippen LogP) is 2.31. The van der Waals surface area contributed by atoms with Gasteiger partial charge in [-0.05, 0) is 40.3 Å². The molecule has 0 saturated carbocycles. The van der Waals surface area contributed by atoms with Crippen molar-refractivity contribution < 1.29 is 5.11 Å². The van der Waals surface area contributed by atoms with Gasteiger partial charge in [0.05, 0.1) is 5.69 Å². The fraction of sp³-hybridized carbons (Fsp3) is 0.750. The molecule has 0 radical (unpaired) electrons. The van der Waals surface area contributed by atoms with Crippen LogP contribution in [0.3, 0.4) is 0 Å². The standard InChI is InChI=1S/C12H20N2OS/c1-8(15)12-13-11(9(2)16-12)10-5-4-6-14(3)7-10/h8,10,15H,4-7H2,1-3H3. The van der Waals surface area contributed by atoms with Gasteiger partial charge in [-0.15, -0.1) is 11.3 Å². The third kappa shape index (κ3) is 2.44. The average Bonchev–Trinajstić information content (AvgIpc) is 2.60. The monoisotopic (exact) mass is 240 g/mol. The second kappa shape index (κ2) is 4.82. The van der Waals surface area contributed by atoms with Gasteiger partial charge >= 0.3 is 0 Å².